The second kappa shape index (κ2) is 3.83. The Labute approximate surface area is 103 Å². The number of imidazole rings is 1. The van der Waals surface area contributed by atoms with Gasteiger partial charge in [-0.05, 0) is 6.92 Å². The first-order valence-electron chi connectivity index (χ1n) is 5.66. The number of aromatic amines is 1. The molecule has 0 aliphatic heterocycles. The van der Waals surface area contributed by atoms with Gasteiger partial charge >= 0.3 is 5.97 Å². The lowest BCUT2D eigenvalue weighted by atomic mass is 10.2. The number of aryl methyl sites for hydroxylation is 1. The summed E-state index contributed by atoms with van der Waals surface area (Å²) in [6.07, 6.45) is 5.01. The van der Waals surface area contributed by atoms with E-state index in [0.29, 0.717) is 17.8 Å². The maximum atomic E-state index is 11.9. The number of rotatable bonds is 2. The molecule has 3 rings (SSSR count). The molecule has 0 bridgehead atoms. The number of pyridine rings is 1. The molecule has 1 N–H and O–H groups in total. The average Bonchev–Trinajstić information content (AvgIpc) is 2.93. The number of H-pyrrole nitrogens is 1. The predicted octanol–water partition coefficient (Wildman–Crippen LogP) is 1.63. The van der Waals surface area contributed by atoms with E-state index >= 15 is 0 Å². The second-order valence-corrected chi connectivity index (χ2v) is 3.99. The highest BCUT2D eigenvalue weighted by atomic mass is 16.5. The Morgan fingerprint density at radius 1 is 1.50 bits per heavy atom. The van der Waals surface area contributed by atoms with E-state index in [2.05, 4.69) is 15.0 Å². The average molecular weight is 244 g/mol. The number of nitrogens with one attached hydrogen (secondary N) is 1. The lowest BCUT2D eigenvalue weighted by molar-refractivity contribution is 0.0529. The Morgan fingerprint density at radius 2 is 2.33 bits per heavy atom. The third-order valence-electron chi connectivity index (χ3n) is 2.87. The number of aromatic nitrogens is 4. The van der Waals surface area contributed by atoms with Gasteiger partial charge in [0.2, 0.25) is 0 Å². The summed E-state index contributed by atoms with van der Waals surface area (Å²) in [5.41, 5.74) is 2.79. The van der Waals surface area contributed by atoms with Gasteiger partial charge in [0.25, 0.3) is 0 Å². The summed E-state index contributed by atoms with van der Waals surface area (Å²) in [6.45, 7) is 2.13. The SMILES string of the molecule is CCOC(=O)c1c[nH]c2ncc3ncn(C)c3c12. The standard InChI is InChI=1S/C12H12N4O2/c1-3-18-12(17)7-4-13-11-9(7)10-8(5-14-11)15-6-16(10)2/h4-6H,3H2,1-2H3,(H,13,14). The molecule has 0 radical (unpaired) electrons. The number of hydrogen-bond acceptors (Lipinski definition) is 4. The first kappa shape index (κ1) is 10.8. The minimum Gasteiger partial charge on any atom is -0.462 e. The molecule has 0 spiro atoms. The molecule has 0 saturated carbocycles. The topological polar surface area (TPSA) is 72.8 Å². The van der Waals surface area contributed by atoms with Crippen LogP contribution in [0.15, 0.2) is 18.7 Å². The van der Waals surface area contributed by atoms with Gasteiger partial charge in [0, 0.05) is 13.2 Å². The molecular weight excluding hydrogens is 232 g/mol. The van der Waals surface area contributed by atoms with Gasteiger partial charge in [0.05, 0.1) is 35.6 Å². The van der Waals surface area contributed by atoms with E-state index in [9.17, 15) is 4.79 Å². The summed E-state index contributed by atoms with van der Waals surface area (Å²) in [7, 11) is 1.89. The zero-order valence-corrected chi connectivity index (χ0v) is 10.1. The summed E-state index contributed by atoms with van der Waals surface area (Å²) in [5.74, 6) is -0.348. The summed E-state index contributed by atoms with van der Waals surface area (Å²) < 4.78 is 6.91. The van der Waals surface area contributed by atoms with E-state index in [-0.39, 0.29) is 5.97 Å². The van der Waals surface area contributed by atoms with Crippen LogP contribution in [0.3, 0.4) is 0 Å². The van der Waals surface area contributed by atoms with E-state index in [1.165, 1.54) is 0 Å². The molecule has 0 aliphatic carbocycles. The number of nitrogens with zero attached hydrogens (tertiary/aromatic N) is 3. The van der Waals surface area contributed by atoms with Gasteiger partial charge in [-0.2, -0.15) is 0 Å². The van der Waals surface area contributed by atoms with Gasteiger partial charge in [0.15, 0.2) is 0 Å². The fraction of sp³-hybridized carbons (Fsp3) is 0.250. The molecule has 0 fully saturated rings. The Kier molecular flexibility index (Phi) is 2.29. The lowest BCUT2D eigenvalue weighted by Gasteiger charge is -2.01. The number of carbonyl (C=O) groups is 1. The molecule has 0 unspecified atom stereocenters. The molecule has 3 aromatic rings. The molecule has 3 heterocycles. The molecule has 18 heavy (non-hydrogen) atoms. The molecule has 0 atom stereocenters. The van der Waals surface area contributed by atoms with Crippen molar-refractivity contribution in [3.8, 4) is 0 Å². The molecule has 0 aromatic carbocycles. The van der Waals surface area contributed by atoms with Crippen LogP contribution in [0.1, 0.15) is 17.3 Å². The fourth-order valence-electron chi connectivity index (χ4n) is 2.10. The van der Waals surface area contributed by atoms with Crippen LogP contribution in [-0.4, -0.2) is 32.1 Å². The third-order valence-corrected chi connectivity index (χ3v) is 2.87. The van der Waals surface area contributed by atoms with E-state index in [0.717, 1.165) is 16.4 Å². The van der Waals surface area contributed by atoms with Crippen LogP contribution in [0.2, 0.25) is 0 Å². The molecule has 0 aliphatic rings. The zero-order valence-electron chi connectivity index (χ0n) is 10.1. The van der Waals surface area contributed by atoms with Crippen molar-refractivity contribution < 1.29 is 9.53 Å². The minimum absolute atomic E-state index is 0.348. The van der Waals surface area contributed by atoms with Gasteiger partial charge in [-0.3, -0.25) is 0 Å². The number of ether oxygens (including phenoxy) is 1. The maximum absolute atomic E-state index is 11.9. The highest BCUT2D eigenvalue weighted by molar-refractivity contribution is 6.13. The fourth-order valence-corrected chi connectivity index (χ4v) is 2.10. The number of carbonyl (C=O) groups excluding carboxylic acids is 1. The lowest BCUT2D eigenvalue weighted by Crippen LogP contribution is -2.04. The largest absolute Gasteiger partial charge is 0.462 e. The third kappa shape index (κ3) is 1.38. The van der Waals surface area contributed by atoms with Crippen LogP contribution < -0.4 is 0 Å². The quantitative estimate of drug-likeness (QED) is 0.695. The van der Waals surface area contributed by atoms with Crippen molar-refractivity contribution in [1.29, 1.82) is 0 Å². The Hall–Kier alpha value is -2.37. The van der Waals surface area contributed by atoms with E-state index in [1.807, 2.05) is 11.6 Å². The normalized spacial score (nSPS) is 11.2. The van der Waals surface area contributed by atoms with Gasteiger partial charge in [-0.1, -0.05) is 0 Å². The molecular formula is C12H12N4O2. The Morgan fingerprint density at radius 3 is 3.11 bits per heavy atom. The molecule has 6 nitrogen and oxygen atoms in total. The zero-order chi connectivity index (χ0) is 12.7. The smallest absolute Gasteiger partial charge is 0.340 e. The summed E-state index contributed by atoms with van der Waals surface area (Å²) in [4.78, 5) is 23.4. The first-order chi connectivity index (χ1) is 8.72. The maximum Gasteiger partial charge on any atom is 0.340 e. The number of hydrogen-bond donors (Lipinski definition) is 1. The van der Waals surface area contributed by atoms with Gasteiger partial charge in [-0.15, -0.1) is 0 Å². The second-order valence-electron chi connectivity index (χ2n) is 3.99. The van der Waals surface area contributed by atoms with Crippen molar-refractivity contribution in [2.75, 3.05) is 6.61 Å². The monoisotopic (exact) mass is 244 g/mol. The first-order valence-corrected chi connectivity index (χ1v) is 5.66. The van der Waals surface area contributed by atoms with Crippen LogP contribution >= 0.6 is 0 Å². The molecule has 6 heteroatoms. The molecule has 0 saturated heterocycles. The van der Waals surface area contributed by atoms with Crippen LogP contribution in [0, 0.1) is 0 Å². The van der Waals surface area contributed by atoms with Crippen molar-refractivity contribution in [2.45, 2.75) is 6.92 Å². The van der Waals surface area contributed by atoms with Crippen LogP contribution in [0.5, 0.6) is 0 Å². The van der Waals surface area contributed by atoms with E-state index in [1.54, 1.807) is 25.6 Å². The molecule has 3 aromatic heterocycles. The predicted molar refractivity (Wildman–Crippen MR) is 66.3 cm³/mol. The summed E-state index contributed by atoms with van der Waals surface area (Å²) >= 11 is 0. The van der Waals surface area contributed by atoms with Crippen molar-refractivity contribution in [2.24, 2.45) is 7.05 Å². The van der Waals surface area contributed by atoms with E-state index < -0.39 is 0 Å². The highest BCUT2D eigenvalue weighted by Gasteiger charge is 2.18. The number of fused-ring (bicyclic) bond motifs is 3. The van der Waals surface area contributed by atoms with Crippen molar-refractivity contribution in [3.63, 3.8) is 0 Å². The Balaban J connectivity index is 2.36. The van der Waals surface area contributed by atoms with Gasteiger partial charge in [-0.25, -0.2) is 14.8 Å². The minimum atomic E-state index is -0.348. The van der Waals surface area contributed by atoms with Crippen LogP contribution in [0.25, 0.3) is 22.1 Å². The van der Waals surface area contributed by atoms with Crippen LogP contribution in [0.4, 0.5) is 0 Å². The van der Waals surface area contributed by atoms with Crippen molar-refractivity contribution >= 4 is 28.0 Å². The number of esters is 1. The van der Waals surface area contributed by atoms with Crippen molar-refractivity contribution in [3.05, 3.63) is 24.3 Å². The van der Waals surface area contributed by atoms with Crippen LogP contribution in [-0.2, 0) is 11.8 Å². The van der Waals surface area contributed by atoms with Crippen molar-refractivity contribution in [1.82, 2.24) is 19.5 Å². The Bertz CT molecular complexity index is 741. The highest BCUT2D eigenvalue weighted by Crippen LogP contribution is 2.25. The van der Waals surface area contributed by atoms with Gasteiger partial charge in [0.1, 0.15) is 11.2 Å². The molecule has 0 amide bonds. The molecule has 92 valence electrons. The van der Waals surface area contributed by atoms with Gasteiger partial charge < -0.3 is 14.3 Å². The summed E-state index contributed by atoms with van der Waals surface area (Å²) in [5, 5.41) is 0.756. The van der Waals surface area contributed by atoms with E-state index in [4.69, 9.17) is 4.74 Å². The summed E-state index contributed by atoms with van der Waals surface area (Å²) in [6, 6.07) is 0.